The maximum absolute atomic E-state index is 4.15. The van der Waals surface area contributed by atoms with Gasteiger partial charge in [-0.3, -0.25) is 4.98 Å². The molecule has 0 aromatic carbocycles. The summed E-state index contributed by atoms with van der Waals surface area (Å²) in [7, 11) is 0. The van der Waals surface area contributed by atoms with Gasteiger partial charge >= 0.3 is 0 Å². The topological polar surface area (TPSA) is 24.9 Å². The highest BCUT2D eigenvalue weighted by Gasteiger charge is 2.33. The molecule has 1 N–H and O–H groups in total. The van der Waals surface area contributed by atoms with Crippen molar-refractivity contribution in [2.75, 3.05) is 13.1 Å². The third kappa shape index (κ3) is 3.06. The monoisotopic (exact) mass is 232 g/mol. The zero-order chi connectivity index (χ0) is 12.0. The van der Waals surface area contributed by atoms with Crippen LogP contribution < -0.4 is 5.32 Å². The highest BCUT2D eigenvalue weighted by Crippen LogP contribution is 2.38. The molecule has 94 valence electrons. The van der Waals surface area contributed by atoms with Crippen LogP contribution in [0.15, 0.2) is 24.5 Å². The van der Waals surface area contributed by atoms with Gasteiger partial charge in [0.1, 0.15) is 0 Å². The van der Waals surface area contributed by atoms with Crippen LogP contribution in [0.2, 0.25) is 0 Å². The number of nitrogens with one attached hydrogen (secondary N) is 1. The minimum Gasteiger partial charge on any atom is -0.316 e. The van der Waals surface area contributed by atoms with Crippen LogP contribution in [0.5, 0.6) is 0 Å². The standard InChI is InChI=1S/C15H24N2/c1-2-10-17-13-15(8-4-3-5-9-15)14-6-11-16-12-7-14/h6-7,11-12,17H,2-5,8-10,13H2,1H3. The van der Waals surface area contributed by atoms with Gasteiger partial charge in [-0.05, 0) is 43.5 Å². The van der Waals surface area contributed by atoms with Crippen molar-refractivity contribution in [3.8, 4) is 0 Å². The fourth-order valence-electron chi connectivity index (χ4n) is 3.01. The molecule has 0 saturated heterocycles. The number of rotatable bonds is 5. The van der Waals surface area contributed by atoms with Gasteiger partial charge < -0.3 is 5.32 Å². The van der Waals surface area contributed by atoms with Gasteiger partial charge in [-0.25, -0.2) is 0 Å². The van der Waals surface area contributed by atoms with Crippen molar-refractivity contribution in [2.24, 2.45) is 0 Å². The lowest BCUT2D eigenvalue weighted by Gasteiger charge is -2.38. The molecular formula is C15H24N2. The third-order valence-corrected chi connectivity index (χ3v) is 3.99. The van der Waals surface area contributed by atoms with Crippen LogP contribution in [-0.2, 0) is 5.41 Å². The molecule has 0 spiro atoms. The van der Waals surface area contributed by atoms with Crippen LogP contribution >= 0.6 is 0 Å². The highest BCUT2D eigenvalue weighted by atomic mass is 14.9. The normalized spacial score (nSPS) is 19.1. The van der Waals surface area contributed by atoms with Crippen LogP contribution in [-0.4, -0.2) is 18.1 Å². The Balaban J connectivity index is 2.11. The largest absolute Gasteiger partial charge is 0.316 e. The number of aromatic nitrogens is 1. The molecule has 1 aromatic rings. The number of hydrogen-bond donors (Lipinski definition) is 1. The quantitative estimate of drug-likeness (QED) is 0.788. The summed E-state index contributed by atoms with van der Waals surface area (Å²) >= 11 is 0. The molecule has 1 heterocycles. The first-order chi connectivity index (χ1) is 8.37. The average molecular weight is 232 g/mol. The Hall–Kier alpha value is -0.890. The fraction of sp³-hybridized carbons (Fsp3) is 0.667. The Morgan fingerprint density at radius 3 is 2.53 bits per heavy atom. The van der Waals surface area contributed by atoms with Gasteiger partial charge in [0, 0.05) is 24.4 Å². The molecule has 0 amide bonds. The van der Waals surface area contributed by atoms with Crippen LogP contribution in [0.25, 0.3) is 0 Å². The molecule has 1 saturated carbocycles. The summed E-state index contributed by atoms with van der Waals surface area (Å²) < 4.78 is 0. The molecular weight excluding hydrogens is 208 g/mol. The first-order valence-corrected chi connectivity index (χ1v) is 6.99. The van der Waals surface area contributed by atoms with E-state index in [0.717, 1.165) is 13.1 Å². The molecule has 1 aliphatic carbocycles. The van der Waals surface area contributed by atoms with E-state index in [1.165, 1.54) is 44.1 Å². The second-order valence-electron chi connectivity index (χ2n) is 5.25. The van der Waals surface area contributed by atoms with Gasteiger partial charge in [-0.15, -0.1) is 0 Å². The summed E-state index contributed by atoms with van der Waals surface area (Å²) in [6, 6.07) is 4.41. The fourth-order valence-corrected chi connectivity index (χ4v) is 3.01. The maximum atomic E-state index is 4.15. The summed E-state index contributed by atoms with van der Waals surface area (Å²) in [4.78, 5) is 4.15. The molecule has 2 nitrogen and oxygen atoms in total. The van der Waals surface area contributed by atoms with E-state index in [-0.39, 0.29) is 0 Å². The van der Waals surface area contributed by atoms with Crippen molar-refractivity contribution < 1.29 is 0 Å². The Bertz CT molecular complexity index is 315. The van der Waals surface area contributed by atoms with Gasteiger partial charge in [0.2, 0.25) is 0 Å². The minimum atomic E-state index is 0.371. The second-order valence-corrected chi connectivity index (χ2v) is 5.25. The molecule has 0 unspecified atom stereocenters. The zero-order valence-corrected chi connectivity index (χ0v) is 10.9. The van der Waals surface area contributed by atoms with Crippen molar-refractivity contribution in [3.05, 3.63) is 30.1 Å². The SMILES string of the molecule is CCCNCC1(c2ccncc2)CCCCC1. The summed E-state index contributed by atoms with van der Waals surface area (Å²) in [6.07, 6.45) is 11.9. The molecule has 0 aliphatic heterocycles. The maximum Gasteiger partial charge on any atom is 0.0270 e. The van der Waals surface area contributed by atoms with Gasteiger partial charge in [0.15, 0.2) is 0 Å². The van der Waals surface area contributed by atoms with E-state index in [4.69, 9.17) is 0 Å². The summed E-state index contributed by atoms with van der Waals surface area (Å²) in [5.74, 6) is 0. The summed E-state index contributed by atoms with van der Waals surface area (Å²) in [5, 5.41) is 3.62. The van der Waals surface area contributed by atoms with Crippen LogP contribution in [0, 0.1) is 0 Å². The lowest BCUT2D eigenvalue weighted by atomic mass is 9.69. The molecule has 0 atom stereocenters. The van der Waals surface area contributed by atoms with Gasteiger partial charge in [0.05, 0.1) is 0 Å². The Morgan fingerprint density at radius 2 is 1.88 bits per heavy atom. The molecule has 2 heteroatoms. The molecule has 0 bridgehead atoms. The lowest BCUT2D eigenvalue weighted by molar-refractivity contribution is 0.280. The van der Waals surface area contributed by atoms with Crippen LogP contribution in [0.4, 0.5) is 0 Å². The van der Waals surface area contributed by atoms with Crippen LogP contribution in [0.1, 0.15) is 51.0 Å². The Kier molecular flexibility index (Phi) is 4.55. The second kappa shape index (κ2) is 6.15. The first-order valence-electron chi connectivity index (χ1n) is 6.99. The minimum absolute atomic E-state index is 0.371. The number of nitrogens with zero attached hydrogens (tertiary/aromatic N) is 1. The van der Waals surface area contributed by atoms with E-state index >= 15 is 0 Å². The van der Waals surface area contributed by atoms with Crippen molar-refractivity contribution in [1.29, 1.82) is 0 Å². The zero-order valence-electron chi connectivity index (χ0n) is 10.9. The van der Waals surface area contributed by atoms with E-state index in [0.29, 0.717) is 5.41 Å². The number of pyridine rings is 1. The Morgan fingerprint density at radius 1 is 1.18 bits per heavy atom. The third-order valence-electron chi connectivity index (χ3n) is 3.99. The van der Waals surface area contributed by atoms with Gasteiger partial charge in [0.25, 0.3) is 0 Å². The molecule has 1 aromatic heterocycles. The summed E-state index contributed by atoms with van der Waals surface area (Å²) in [6.45, 7) is 4.49. The van der Waals surface area contributed by atoms with Gasteiger partial charge in [-0.2, -0.15) is 0 Å². The van der Waals surface area contributed by atoms with Crippen LogP contribution in [0.3, 0.4) is 0 Å². The molecule has 2 rings (SSSR count). The van der Waals surface area contributed by atoms with E-state index in [2.05, 4.69) is 29.4 Å². The Labute approximate surface area is 105 Å². The summed E-state index contributed by atoms with van der Waals surface area (Å²) in [5.41, 5.74) is 1.85. The molecule has 17 heavy (non-hydrogen) atoms. The van der Waals surface area contributed by atoms with E-state index in [1.807, 2.05) is 12.4 Å². The highest BCUT2D eigenvalue weighted by molar-refractivity contribution is 5.24. The predicted octanol–water partition coefficient (Wildman–Crippen LogP) is 3.28. The smallest absolute Gasteiger partial charge is 0.0270 e. The van der Waals surface area contributed by atoms with Crippen molar-refractivity contribution in [1.82, 2.24) is 10.3 Å². The van der Waals surface area contributed by atoms with E-state index < -0.39 is 0 Å². The molecule has 1 aliphatic rings. The van der Waals surface area contributed by atoms with E-state index in [9.17, 15) is 0 Å². The predicted molar refractivity (Wildman–Crippen MR) is 72.2 cm³/mol. The number of hydrogen-bond acceptors (Lipinski definition) is 2. The first kappa shape index (κ1) is 12.6. The van der Waals surface area contributed by atoms with Crippen molar-refractivity contribution in [2.45, 2.75) is 50.9 Å². The lowest BCUT2D eigenvalue weighted by Crippen LogP contribution is -2.40. The van der Waals surface area contributed by atoms with Crippen molar-refractivity contribution >= 4 is 0 Å². The van der Waals surface area contributed by atoms with E-state index in [1.54, 1.807) is 0 Å². The van der Waals surface area contributed by atoms with Gasteiger partial charge in [-0.1, -0.05) is 26.2 Å². The molecule has 1 fully saturated rings. The average Bonchev–Trinajstić information content (AvgIpc) is 2.41. The molecule has 0 radical (unpaired) electrons. The van der Waals surface area contributed by atoms with Crippen molar-refractivity contribution in [3.63, 3.8) is 0 Å².